The van der Waals surface area contributed by atoms with Crippen LogP contribution >= 0.6 is 0 Å². The largest absolute Gasteiger partial charge is 0.519 e. The standard InChI is InChI=1S/C14H21NO8/c1-8-10(22-13(19)21-8)7-20-11(17)9(16)5-6-15-12(18)23-14(2,3)4/h9,16H,5-7H2,1-4H3,(H,15,18). The summed E-state index contributed by atoms with van der Waals surface area (Å²) in [7, 11) is 0. The van der Waals surface area contributed by atoms with Crippen molar-refractivity contribution in [2.24, 2.45) is 0 Å². The molecule has 0 saturated carbocycles. The van der Waals surface area contributed by atoms with Gasteiger partial charge in [0.15, 0.2) is 24.2 Å². The highest BCUT2D eigenvalue weighted by molar-refractivity contribution is 5.74. The van der Waals surface area contributed by atoms with Crippen molar-refractivity contribution < 1.29 is 33.0 Å². The van der Waals surface area contributed by atoms with Crippen molar-refractivity contribution in [3.05, 3.63) is 22.1 Å². The zero-order chi connectivity index (χ0) is 17.6. The van der Waals surface area contributed by atoms with E-state index in [0.717, 1.165) is 0 Å². The number of nitrogens with one attached hydrogen (secondary N) is 1. The molecular weight excluding hydrogens is 310 g/mol. The van der Waals surface area contributed by atoms with Crippen LogP contribution in [0.2, 0.25) is 0 Å². The maximum Gasteiger partial charge on any atom is 0.519 e. The quantitative estimate of drug-likeness (QED) is 0.734. The van der Waals surface area contributed by atoms with E-state index in [1.807, 2.05) is 0 Å². The van der Waals surface area contributed by atoms with Gasteiger partial charge in [-0.1, -0.05) is 0 Å². The van der Waals surface area contributed by atoms with Gasteiger partial charge in [0.2, 0.25) is 0 Å². The SMILES string of the molecule is Cc1oc(=O)oc1COC(=O)C(O)CCNC(=O)OC(C)(C)C. The first-order valence-corrected chi connectivity index (χ1v) is 6.99. The highest BCUT2D eigenvalue weighted by Gasteiger charge is 2.20. The Labute approximate surface area is 132 Å². The lowest BCUT2D eigenvalue weighted by Gasteiger charge is -2.19. The van der Waals surface area contributed by atoms with Gasteiger partial charge in [0.05, 0.1) is 0 Å². The molecule has 0 bridgehead atoms. The molecular formula is C14H21NO8. The topological polar surface area (TPSA) is 128 Å². The van der Waals surface area contributed by atoms with Gasteiger partial charge in [-0.3, -0.25) is 0 Å². The van der Waals surface area contributed by atoms with Gasteiger partial charge in [-0.2, -0.15) is 0 Å². The Morgan fingerprint density at radius 2 is 1.96 bits per heavy atom. The molecule has 0 radical (unpaired) electrons. The third-order valence-electron chi connectivity index (χ3n) is 2.54. The highest BCUT2D eigenvalue weighted by Crippen LogP contribution is 2.08. The summed E-state index contributed by atoms with van der Waals surface area (Å²) in [5, 5.41) is 12.0. The molecule has 0 spiro atoms. The maximum atomic E-state index is 11.6. The lowest BCUT2D eigenvalue weighted by molar-refractivity contribution is -0.155. The van der Waals surface area contributed by atoms with Crippen molar-refractivity contribution in [1.29, 1.82) is 0 Å². The predicted octanol–water partition coefficient (Wildman–Crippen LogP) is 0.860. The zero-order valence-electron chi connectivity index (χ0n) is 13.5. The molecule has 1 amide bonds. The lowest BCUT2D eigenvalue weighted by atomic mass is 10.2. The van der Waals surface area contributed by atoms with Crippen LogP contribution in [-0.4, -0.2) is 35.4 Å². The van der Waals surface area contributed by atoms with E-state index in [-0.39, 0.29) is 31.1 Å². The van der Waals surface area contributed by atoms with Crippen molar-refractivity contribution in [1.82, 2.24) is 5.32 Å². The first-order valence-electron chi connectivity index (χ1n) is 6.99. The number of carbonyl (C=O) groups is 2. The predicted molar refractivity (Wildman–Crippen MR) is 76.6 cm³/mol. The Morgan fingerprint density at radius 1 is 1.30 bits per heavy atom. The molecule has 0 aromatic carbocycles. The molecule has 1 rings (SSSR count). The van der Waals surface area contributed by atoms with E-state index in [2.05, 4.69) is 14.2 Å². The first-order chi connectivity index (χ1) is 10.6. The average Bonchev–Trinajstić information content (AvgIpc) is 2.72. The molecule has 1 heterocycles. The van der Waals surface area contributed by atoms with Crippen molar-refractivity contribution in [3.63, 3.8) is 0 Å². The summed E-state index contributed by atoms with van der Waals surface area (Å²) in [6.07, 6.45) is -2.12. The van der Waals surface area contributed by atoms with Gasteiger partial charge in [0, 0.05) is 13.0 Å². The molecule has 1 aromatic heterocycles. The minimum Gasteiger partial charge on any atom is -0.455 e. The smallest absolute Gasteiger partial charge is 0.455 e. The van der Waals surface area contributed by atoms with E-state index in [1.54, 1.807) is 20.8 Å². The molecule has 9 nitrogen and oxygen atoms in total. The molecule has 1 unspecified atom stereocenters. The molecule has 1 atom stereocenters. The second-order valence-corrected chi connectivity index (χ2v) is 5.77. The van der Waals surface area contributed by atoms with Crippen molar-refractivity contribution >= 4 is 12.1 Å². The number of ether oxygens (including phenoxy) is 2. The molecule has 9 heteroatoms. The molecule has 0 aliphatic carbocycles. The van der Waals surface area contributed by atoms with Crippen LogP contribution in [0.15, 0.2) is 13.6 Å². The molecule has 2 N–H and O–H groups in total. The van der Waals surface area contributed by atoms with E-state index in [0.29, 0.717) is 0 Å². The number of aliphatic hydroxyl groups is 1. The van der Waals surface area contributed by atoms with E-state index >= 15 is 0 Å². The van der Waals surface area contributed by atoms with Crippen LogP contribution in [0, 0.1) is 6.92 Å². The first kappa shape index (κ1) is 18.8. The third-order valence-corrected chi connectivity index (χ3v) is 2.54. The Bertz CT molecular complexity index is 595. The second-order valence-electron chi connectivity index (χ2n) is 5.77. The number of aliphatic hydroxyl groups excluding tert-OH is 1. The molecule has 130 valence electrons. The summed E-state index contributed by atoms with van der Waals surface area (Å²) in [5.74, 6) is -1.53. The van der Waals surface area contributed by atoms with Gasteiger partial charge in [-0.05, 0) is 27.7 Å². The number of esters is 1. The average molecular weight is 331 g/mol. The number of aryl methyl sites for hydroxylation is 1. The van der Waals surface area contributed by atoms with E-state index in [4.69, 9.17) is 9.47 Å². The molecule has 0 aliphatic rings. The van der Waals surface area contributed by atoms with Gasteiger partial charge in [0.1, 0.15) is 5.60 Å². The number of hydrogen-bond acceptors (Lipinski definition) is 8. The maximum absolute atomic E-state index is 11.6. The van der Waals surface area contributed by atoms with Gasteiger partial charge in [0.25, 0.3) is 0 Å². The highest BCUT2D eigenvalue weighted by atomic mass is 16.6. The van der Waals surface area contributed by atoms with Crippen LogP contribution in [0.3, 0.4) is 0 Å². The summed E-state index contributed by atoms with van der Waals surface area (Å²) in [4.78, 5) is 33.8. The summed E-state index contributed by atoms with van der Waals surface area (Å²) in [6.45, 7) is 6.34. The van der Waals surface area contributed by atoms with E-state index in [1.165, 1.54) is 6.92 Å². The van der Waals surface area contributed by atoms with Crippen molar-refractivity contribution in [2.45, 2.75) is 52.4 Å². The summed E-state index contributed by atoms with van der Waals surface area (Å²) in [6, 6.07) is 0. The van der Waals surface area contributed by atoms with Crippen molar-refractivity contribution in [2.75, 3.05) is 6.54 Å². The third kappa shape index (κ3) is 7.00. The van der Waals surface area contributed by atoms with E-state index < -0.39 is 29.6 Å². The van der Waals surface area contributed by atoms with Crippen LogP contribution < -0.4 is 11.1 Å². The minimum atomic E-state index is -1.43. The molecule has 1 aromatic rings. The van der Waals surface area contributed by atoms with E-state index in [9.17, 15) is 19.5 Å². The van der Waals surface area contributed by atoms with Crippen LogP contribution in [-0.2, 0) is 20.9 Å². The number of rotatable bonds is 6. The van der Waals surface area contributed by atoms with Crippen LogP contribution in [0.4, 0.5) is 4.79 Å². The Balaban J connectivity index is 2.30. The van der Waals surface area contributed by atoms with Crippen LogP contribution in [0.1, 0.15) is 38.7 Å². The summed E-state index contributed by atoms with van der Waals surface area (Å²) < 4.78 is 19.0. The van der Waals surface area contributed by atoms with Crippen LogP contribution in [0.25, 0.3) is 0 Å². The fourth-order valence-corrected chi connectivity index (χ4v) is 1.48. The van der Waals surface area contributed by atoms with Gasteiger partial charge >= 0.3 is 17.9 Å². The summed E-state index contributed by atoms with van der Waals surface area (Å²) in [5.41, 5.74) is -0.631. The van der Waals surface area contributed by atoms with Gasteiger partial charge in [-0.15, -0.1) is 0 Å². The molecule has 0 fully saturated rings. The summed E-state index contributed by atoms with van der Waals surface area (Å²) >= 11 is 0. The van der Waals surface area contributed by atoms with Gasteiger partial charge in [-0.25, -0.2) is 14.4 Å². The Morgan fingerprint density at radius 3 is 2.48 bits per heavy atom. The van der Waals surface area contributed by atoms with Crippen LogP contribution in [0.5, 0.6) is 0 Å². The lowest BCUT2D eigenvalue weighted by Crippen LogP contribution is -2.35. The minimum absolute atomic E-state index is 0.0327. The Hall–Kier alpha value is -2.29. The fraction of sp³-hybridized carbons (Fsp3) is 0.643. The molecule has 0 aliphatic heterocycles. The number of amides is 1. The zero-order valence-corrected chi connectivity index (χ0v) is 13.5. The molecule has 0 saturated heterocycles. The van der Waals surface area contributed by atoms with Gasteiger partial charge < -0.3 is 28.7 Å². The van der Waals surface area contributed by atoms with Crippen molar-refractivity contribution in [3.8, 4) is 0 Å². The fourth-order valence-electron chi connectivity index (χ4n) is 1.48. The normalized spacial score (nSPS) is 12.6. The molecule has 23 heavy (non-hydrogen) atoms. The number of alkyl carbamates (subject to hydrolysis) is 1. The Kier molecular flexibility index (Phi) is 6.38. The number of hydrogen-bond donors (Lipinski definition) is 2. The second kappa shape index (κ2) is 7.82. The number of carbonyl (C=O) groups excluding carboxylic acids is 2. The monoisotopic (exact) mass is 331 g/mol.